The molecule has 1 aliphatic rings. The standard InChI is InChI=1S/C16H18ClF2NO2/c1-16(18,19)11-4-7-14(17)13(8-11)15(22)20-12-5-2-10(9-21)3-6-12/h4,7-10,12H,2-3,5-6H2,1H3,(H,20,22)/t10-,12-. The summed E-state index contributed by atoms with van der Waals surface area (Å²) in [5, 5.41) is 2.96. The highest BCUT2D eigenvalue weighted by Crippen LogP contribution is 2.30. The Hall–Kier alpha value is -1.49. The Morgan fingerprint density at radius 2 is 1.95 bits per heavy atom. The van der Waals surface area contributed by atoms with Gasteiger partial charge in [-0.3, -0.25) is 4.79 Å². The molecule has 1 aliphatic carbocycles. The molecule has 1 saturated carbocycles. The van der Waals surface area contributed by atoms with E-state index in [2.05, 4.69) is 5.32 Å². The van der Waals surface area contributed by atoms with Gasteiger partial charge in [-0.25, -0.2) is 8.78 Å². The summed E-state index contributed by atoms with van der Waals surface area (Å²) in [5.41, 5.74) is -0.190. The molecule has 0 bridgehead atoms. The van der Waals surface area contributed by atoms with E-state index in [1.165, 1.54) is 12.1 Å². The molecule has 0 radical (unpaired) electrons. The number of carbonyl (C=O) groups is 2. The van der Waals surface area contributed by atoms with E-state index in [4.69, 9.17) is 11.6 Å². The first kappa shape index (κ1) is 16.9. The van der Waals surface area contributed by atoms with Crippen LogP contribution in [-0.4, -0.2) is 18.2 Å². The van der Waals surface area contributed by atoms with Gasteiger partial charge in [0, 0.05) is 24.4 Å². The normalized spacial score (nSPS) is 22.2. The number of nitrogens with one attached hydrogen (secondary N) is 1. The number of hydrogen-bond donors (Lipinski definition) is 1. The van der Waals surface area contributed by atoms with Crippen molar-refractivity contribution >= 4 is 23.8 Å². The molecule has 0 aromatic heterocycles. The van der Waals surface area contributed by atoms with Crippen molar-refractivity contribution < 1.29 is 18.4 Å². The van der Waals surface area contributed by atoms with Crippen molar-refractivity contribution in [3.05, 3.63) is 34.3 Å². The summed E-state index contributed by atoms with van der Waals surface area (Å²) >= 11 is 5.95. The van der Waals surface area contributed by atoms with Crippen molar-refractivity contribution in [1.82, 2.24) is 5.32 Å². The molecule has 0 heterocycles. The van der Waals surface area contributed by atoms with Crippen LogP contribution in [0.3, 0.4) is 0 Å². The summed E-state index contributed by atoms with van der Waals surface area (Å²) in [5.74, 6) is -3.42. The van der Waals surface area contributed by atoms with Crippen molar-refractivity contribution in [2.45, 2.75) is 44.6 Å². The third-order valence-electron chi connectivity index (χ3n) is 4.02. The number of amides is 1. The van der Waals surface area contributed by atoms with Gasteiger partial charge in [-0.1, -0.05) is 17.7 Å². The summed E-state index contributed by atoms with van der Waals surface area (Å²) < 4.78 is 26.7. The maximum atomic E-state index is 13.4. The van der Waals surface area contributed by atoms with Gasteiger partial charge in [0.15, 0.2) is 0 Å². The van der Waals surface area contributed by atoms with Gasteiger partial charge >= 0.3 is 0 Å². The van der Waals surface area contributed by atoms with E-state index in [-0.39, 0.29) is 28.1 Å². The van der Waals surface area contributed by atoms with E-state index in [0.29, 0.717) is 12.8 Å². The van der Waals surface area contributed by atoms with E-state index in [1.54, 1.807) is 0 Å². The monoisotopic (exact) mass is 329 g/mol. The van der Waals surface area contributed by atoms with E-state index >= 15 is 0 Å². The minimum Gasteiger partial charge on any atom is -0.349 e. The fourth-order valence-corrected chi connectivity index (χ4v) is 2.84. The molecule has 1 aromatic carbocycles. The fraction of sp³-hybridized carbons (Fsp3) is 0.500. The first-order valence-electron chi connectivity index (χ1n) is 7.25. The van der Waals surface area contributed by atoms with E-state index in [1.807, 2.05) is 0 Å². The minimum absolute atomic E-state index is 0.0504. The highest BCUT2D eigenvalue weighted by molar-refractivity contribution is 6.33. The topological polar surface area (TPSA) is 46.2 Å². The number of carbonyl (C=O) groups excluding carboxylic acids is 2. The Balaban J connectivity index is 2.08. The van der Waals surface area contributed by atoms with E-state index in [9.17, 15) is 18.4 Å². The highest BCUT2D eigenvalue weighted by atomic mass is 35.5. The Morgan fingerprint density at radius 1 is 1.32 bits per heavy atom. The number of benzene rings is 1. The van der Waals surface area contributed by atoms with Crippen LogP contribution >= 0.6 is 11.6 Å². The summed E-state index contributed by atoms with van der Waals surface area (Å²) in [6, 6.07) is 3.61. The minimum atomic E-state index is -3.03. The lowest BCUT2D eigenvalue weighted by Crippen LogP contribution is -2.38. The fourth-order valence-electron chi connectivity index (χ4n) is 2.64. The van der Waals surface area contributed by atoms with Crippen LogP contribution in [0.2, 0.25) is 5.02 Å². The first-order valence-corrected chi connectivity index (χ1v) is 7.63. The van der Waals surface area contributed by atoms with Crippen LogP contribution in [0, 0.1) is 5.92 Å². The third kappa shape index (κ3) is 4.03. The lowest BCUT2D eigenvalue weighted by Gasteiger charge is -2.26. The van der Waals surface area contributed by atoms with Crippen LogP contribution in [0.1, 0.15) is 48.5 Å². The zero-order valence-corrected chi connectivity index (χ0v) is 13.0. The van der Waals surface area contributed by atoms with Gasteiger partial charge in [0.25, 0.3) is 11.8 Å². The SMILES string of the molecule is CC(F)(F)c1ccc(Cl)c(C(=O)N[C@H]2CC[C@H](C=O)CC2)c1. The van der Waals surface area contributed by atoms with Gasteiger partial charge in [-0.05, 0) is 37.8 Å². The third-order valence-corrected chi connectivity index (χ3v) is 4.35. The molecule has 2 rings (SSSR count). The molecular formula is C16H18ClF2NO2. The van der Waals surface area contributed by atoms with Crippen LogP contribution in [0.25, 0.3) is 0 Å². The van der Waals surface area contributed by atoms with Crippen LogP contribution in [-0.2, 0) is 10.7 Å². The van der Waals surface area contributed by atoms with Crippen molar-refractivity contribution in [2.24, 2.45) is 5.92 Å². The second kappa shape index (κ2) is 6.73. The summed E-state index contributed by atoms with van der Waals surface area (Å²) in [7, 11) is 0. The second-order valence-electron chi connectivity index (χ2n) is 5.80. The lowest BCUT2D eigenvalue weighted by molar-refractivity contribution is -0.111. The number of alkyl halides is 2. The number of aldehydes is 1. The number of hydrogen-bond acceptors (Lipinski definition) is 2. The molecule has 3 nitrogen and oxygen atoms in total. The molecule has 0 unspecified atom stereocenters. The Kier molecular flexibility index (Phi) is 5.16. The largest absolute Gasteiger partial charge is 0.349 e. The van der Waals surface area contributed by atoms with Crippen molar-refractivity contribution in [3.63, 3.8) is 0 Å². The molecule has 0 spiro atoms. The molecule has 1 fully saturated rings. The van der Waals surface area contributed by atoms with Gasteiger partial charge in [0.2, 0.25) is 0 Å². The summed E-state index contributed by atoms with van der Waals surface area (Å²) in [6.45, 7) is 0.776. The molecular weight excluding hydrogens is 312 g/mol. The number of halogens is 3. The van der Waals surface area contributed by atoms with Crippen molar-refractivity contribution in [1.29, 1.82) is 0 Å². The van der Waals surface area contributed by atoms with Gasteiger partial charge in [0.05, 0.1) is 10.6 Å². The molecule has 120 valence electrons. The van der Waals surface area contributed by atoms with Crippen LogP contribution in [0.15, 0.2) is 18.2 Å². The van der Waals surface area contributed by atoms with Gasteiger partial charge in [-0.2, -0.15) is 0 Å². The predicted molar refractivity (Wildman–Crippen MR) is 80.3 cm³/mol. The molecule has 1 aromatic rings. The molecule has 22 heavy (non-hydrogen) atoms. The summed E-state index contributed by atoms with van der Waals surface area (Å²) in [4.78, 5) is 23.0. The van der Waals surface area contributed by atoms with E-state index in [0.717, 1.165) is 32.1 Å². The molecule has 6 heteroatoms. The maximum Gasteiger partial charge on any atom is 0.270 e. The highest BCUT2D eigenvalue weighted by Gasteiger charge is 2.27. The predicted octanol–water partition coefficient (Wildman–Crippen LogP) is 3.94. The van der Waals surface area contributed by atoms with Crippen LogP contribution in [0.4, 0.5) is 8.78 Å². The van der Waals surface area contributed by atoms with Crippen LogP contribution in [0.5, 0.6) is 0 Å². The maximum absolute atomic E-state index is 13.4. The lowest BCUT2D eigenvalue weighted by atomic mass is 9.87. The molecule has 1 N–H and O–H groups in total. The van der Waals surface area contributed by atoms with Gasteiger partial charge in [-0.15, -0.1) is 0 Å². The zero-order chi connectivity index (χ0) is 16.3. The Morgan fingerprint density at radius 3 is 2.50 bits per heavy atom. The molecule has 1 amide bonds. The molecule has 0 saturated heterocycles. The van der Waals surface area contributed by atoms with Crippen LogP contribution < -0.4 is 5.32 Å². The molecule has 0 aliphatic heterocycles. The number of rotatable bonds is 4. The quantitative estimate of drug-likeness (QED) is 0.850. The zero-order valence-electron chi connectivity index (χ0n) is 12.2. The van der Waals surface area contributed by atoms with Crippen molar-refractivity contribution in [3.8, 4) is 0 Å². The molecule has 0 atom stereocenters. The first-order chi connectivity index (χ1) is 10.3. The Bertz CT molecular complexity index is 564. The summed E-state index contributed by atoms with van der Waals surface area (Å²) in [6.07, 6.45) is 3.82. The van der Waals surface area contributed by atoms with Gasteiger partial charge < -0.3 is 10.1 Å². The average molecular weight is 330 g/mol. The van der Waals surface area contributed by atoms with Gasteiger partial charge in [0.1, 0.15) is 6.29 Å². The van der Waals surface area contributed by atoms with E-state index < -0.39 is 11.8 Å². The average Bonchev–Trinajstić information content (AvgIpc) is 2.47. The smallest absolute Gasteiger partial charge is 0.270 e. The second-order valence-corrected chi connectivity index (χ2v) is 6.21. The van der Waals surface area contributed by atoms with Crippen molar-refractivity contribution in [2.75, 3.05) is 0 Å². The Labute approximate surface area is 133 Å².